The zero-order chi connectivity index (χ0) is 10.7. The molecule has 5 nitrogen and oxygen atoms in total. The molecular formula is C9H20ClN3O2. The lowest BCUT2D eigenvalue weighted by Crippen LogP contribution is -2.54. The minimum absolute atomic E-state index is 0. The number of nitrogens with two attached hydrogens (primary N) is 2. The molecule has 0 radical (unpaired) electrons. The van der Waals surface area contributed by atoms with Crippen LogP contribution in [-0.2, 0) is 9.53 Å². The summed E-state index contributed by atoms with van der Waals surface area (Å²) in [5.41, 5.74) is 11.2. The van der Waals surface area contributed by atoms with E-state index in [0.29, 0.717) is 19.7 Å². The van der Waals surface area contributed by atoms with E-state index >= 15 is 0 Å². The average Bonchev–Trinajstić information content (AvgIpc) is 2.16. The quantitative estimate of drug-likeness (QED) is 0.668. The molecule has 1 aliphatic heterocycles. The van der Waals surface area contributed by atoms with E-state index in [-0.39, 0.29) is 30.5 Å². The van der Waals surface area contributed by atoms with E-state index in [9.17, 15) is 4.79 Å². The van der Waals surface area contributed by atoms with Gasteiger partial charge in [0.1, 0.15) is 0 Å². The molecule has 1 saturated heterocycles. The number of amides is 1. The Hall–Kier alpha value is -0.360. The van der Waals surface area contributed by atoms with E-state index in [4.69, 9.17) is 16.2 Å². The second-order valence-electron chi connectivity index (χ2n) is 3.84. The summed E-state index contributed by atoms with van der Waals surface area (Å²) < 4.78 is 5.44. The Labute approximate surface area is 96.5 Å². The Bertz CT molecular complexity index is 212. The predicted molar refractivity (Wildman–Crippen MR) is 60.9 cm³/mol. The molecule has 4 N–H and O–H groups in total. The van der Waals surface area contributed by atoms with Crippen LogP contribution in [0.1, 0.15) is 13.8 Å². The Morgan fingerprint density at radius 3 is 2.53 bits per heavy atom. The number of morpholine rings is 1. The molecular weight excluding hydrogens is 218 g/mol. The zero-order valence-corrected chi connectivity index (χ0v) is 10.00. The van der Waals surface area contributed by atoms with Crippen LogP contribution in [0.25, 0.3) is 0 Å². The standard InChI is InChI=1S/C9H19N3O2.ClH/c1-6(10)8-5-12(3-4-14-8)9(13)7(2)11;/h6-8H,3-5,10-11H2,1-2H3;1H. The van der Waals surface area contributed by atoms with Crippen LogP contribution in [0.4, 0.5) is 0 Å². The van der Waals surface area contributed by atoms with Gasteiger partial charge in [0.2, 0.25) is 5.91 Å². The fourth-order valence-electron chi connectivity index (χ4n) is 1.48. The number of rotatable bonds is 2. The Balaban J connectivity index is 0.00000196. The van der Waals surface area contributed by atoms with Gasteiger partial charge in [0.05, 0.1) is 18.8 Å². The molecule has 0 spiro atoms. The minimum Gasteiger partial charge on any atom is -0.373 e. The topological polar surface area (TPSA) is 81.6 Å². The highest BCUT2D eigenvalue weighted by atomic mass is 35.5. The smallest absolute Gasteiger partial charge is 0.239 e. The summed E-state index contributed by atoms with van der Waals surface area (Å²) in [6, 6.07) is -0.500. The van der Waals surface area contributed by atoms with Crippen LogP contribution in [0.5, 0.6) is 0 Å². The van der Waals surface area contributed by atoms with E-state index in [2.05, 4.69) is 0 Å². The lowest BCUT2D eigenvalue weighted by Gasteiger charge is -2.35. The van der Waals surface area contributed by atoms with Crippen molar-refractivity contribution in [2.75, 3.05) is 19.7 Å². The van der Waals surface area contributed by atoms with Crippen LogP contribution in [0.15, 0.2) is 0 Å². The number of carbonyl (C=O) groups excluding carboxylic acids is 1. The first-order valence-corrected chi connectivity index (χ1v) is 4.94. The summed E-state index contributed by atoms with van der Waals surface area (Å²) >= 11 is 0. The number of nitrogens with zero attached hydrogens (tertiary/aromatic N) is 1. The molecule has 6 heteroatoms. The van der Waals surface area contributed by atoms with Crippen molar-refractivity contribution in [2.24, 2.45) is 11.5 Å². The molecule has 1 fully saturated rings. The van der Waals surface area contributed by atoms with Gasteiger partial charge >= 0.3 is 0 Å². The SMILES string of the molecule is CC(N)C(=O)N1CCOC(C(C)N)C1.Cl. The van der Waals surface area contributed by atoms with Gasteiger partial charge in [-0.25, -0.2) is 0 Å². The van der Waals surface area contributed by atoms with Gasteiger partial charge in [0.25, 0.3) is 0 Å². The molecule has 1 rings (SSSR count). The molecule has 0 aromatic rings. The highest BCUT2D eigenvalue weighted by Crippen LogP contribution is 2.08. The summed E-state index contributed by atoms with van der Waals surface area (Å²) in [6.45, 7) is 5.29. The van der Waals surface area contributed by atoms with Gasteiger partial charge in [-0.05, 0) is 13.8 Å². The number of halogens is 1. The van der Waals surface area contributed by atoms with Crippen LogP contribution in [0.3, 0.4) is 0 Å². The van der Waals surface area contributed by atoms with Gasteiger partial charge in [-0.15, -0.1) is 12.4 Å². The zero-order valence-electron chi connectivity index (χ0n) is 9.18. The van der Waals surface area contributed by atoms with Crippen molar-refractivity contribution < 1.29 is 9.53 Å². The second kappa shape index (κ2) is 6.27. The first-order chi connectivity index (χ1) is 6.52. The van der Waals surface area contributed by atoms with Crippen molar-refractivity contribution in [3.63, 3.8) is 0 Å². The molecule has 0 aliphatic carbocycles. The second-order valence-corrected chi connectivity index (χ2v) is 3.84. The van der Waals surface area contributed by atoms with Crippen molar-refractivity contribution in [1.82, 2.24) is 4.90 Å². The molecule has 15 heavy (non-hydrogen) atoms. The predicted octanol–water partition coefficient (Wildman–Crippen LogP) is -0.670. The molecule has 90 valence electrons. The minimum atomic E-state index is -0.443. The first kappa shape index (κ1) is 14.6. The number of ether oxygens (including phenoxy) is 1. The van der Waals surface area contributed by atoms with Crippen LogP contribution in [-0.4, -0.2) is 48.7 Å². The maximum absolute atomic E-state index is 11.6. The van der Waals surface area contributed by atoms with Crippen molar-refractivity contribution in [2.45, 2.75) is 32.0 Å². The third-order valence-corrected chi connectivity index (χ3v) is 2.38. The summed E-state index contributed by atoms with van der Waals surface area (Å²) in [7, 11) is 0. The van der Waals surface area contributed by atoms with Gasteiger partial charge in [-0.3, -0.25) is 4.79 Å². The van der Waals surface area contributed by atoms with E-state index in [1.165, 1.54) is 0 Å². The fourth-order valence-corrected chi connectivity index (χ4v) is 1.48. The normalized spacial score (nSPS) is 25.3. The van der Waals surface area contributed by atoms with Gasteiger partial charge in [0.15, 0.2) is 0 Å². The highest BCUT2D eigenvalue weighted by molar-refractivity contribution is 5.85. The van der Waals surface area contributed by atoms with Crippen LogP contribution in [0, 0.1) is 0 Å². The third kappa shape index (κ3) is 3.95. The van der Waals surface area contributed by atoms with Crippen LogP contribution >= 0.6 is 12.4 Å². The molecule has 1 heterocycles. The van der Waals surface area contributed by atoms with Crippen molar-refractivity contribution in [1.29, 1.82) is 0 Å². The molecule has 3 atom stereocenters. The summed E-state index contributed by atoms with van der Waals surface area (Å²) in [6.07, 6.45) is -0.0635. The average molecular weight is 238 g/mol. The number of hydrogen-bond acceptors (Lipinski definition) is 4. The van der Waals surface area contributed by atoms with Gasteiger partial charge in [0, 0.05) is 19.1 Å². The van der Waals surface area contributed by atoms with E-state index in [1.54, 1.807) is 11.8 Å². The fraction of sp³-hybridized carbons (Fsp3) is 0.889. The molecule has 0 aromatic carbocycles. The molecule has 0 bridgehead atoms. The Kier molecular flexibility index (Phi) is 6.12. The molecule has 1 aliphatic rings. The van der Waals surface area contributed by atoms with Crippen molar-refractivity contribution in [3.05, 3.63) is 0 Å². The van der Waals surface area contributed by atoms with E-state index in [1.807, 2.05) is 6.92 Å². The highest BCUT2D eigenvalue weighted by Gasteiger charge is 2.27. The van der Waals surface area contributed by atoms with Gasteiger partial charge < -0.3 is 21.1 Å². The third-order valence-electron chi connectivity index (χ3n) is 2.38. The Morgan fingerprint density at radius 1 is 1.47 bits per heavy atom. The van der Waals surface area contributed by atoms with E-state index in [0.717, 1.165) is 0 Å². The van der Waals surface area contributed by atoms with E-state index < -0.39 is 6.04 Å². The lowest BCUT2D eigenvalue weighted by atomic mass is 10.1. The summed E-state index contributed by atoms with van der Waals surface area (Å²) in [5, 5.41) is 0. The molecule has 1 amide bonds. The monoisotopic (exact) mass is 237 g/mol. The van der Waals surface area contributed by atoms with Crippen LogP contribution < -0.4 is 11.5 Å². The van der Waals surface area contributed by atoms with Gasteiger partial charge in [-0.2, -0.15) is 0 Å². The largest absolute Gasteiger partial charge is 0.373 e. The Morgan fingerprint density at radius 2 is 2.07 bits per heavy atom. The van der Waals surface area contributed by atoms with Crippen LogP contribution in [0.2, 0.25) is 0 Å². The molecule has 3 unspecified atom stereocenters. The maximum atomic E-state index is 11.6. The molecule has 0 aromatic heterocycles. The number of carbonyl (C=O) groups is 1. The van der Waals surface area contributed by atoms with Gasteiger partial charge in [-0.1, -0.05) is 0 Å². The number of hydrogen-bond donors (Lipinski definition) is 2. The maximum Gasteiger partial charge on any atom is 0.239 e. The van der Waals surface area contributed by atoms with Crippen molar-refractivity contribution >= 4 is 18.3 Å². The summed E-state index contributed by atoms with van der Waals surface area (Å²) in [4.78, 5) is 13.3. The lowest BCUT2D eigenvalue weighted by molar-refractivity contribution is -0.140. The van der Waals surface area contributed by atoms with Crippen molar-refractivity contribution in [3.8, 4) is 0 Å². The summed E-state index contributed by atoms with van der Waals surface area (Å²) in [5.74, 6) is -0.0287. The molecule has 0 saturated carbocycles. The first-order valence-electron chi connectivity index (χ1n) is 4.94.